The monoisotopic (exact) mass is 307 g/mol. The first-order chi connectivity index (χ1) is 8.58. The summed E-state index contributed by atoms with van der Waals surface area (Å²) in [4.78, 5) is 10.2. The number of halogens is 1. The SMILES string of the molecule is O=[N+]([O-])c1cccc(C(O)c2ccc(Br)cc2)c1. The third kappa shape index (κ3) is 2.75. The second-order valence-corrected chi connectivity index (χ2v) is 4.72. The Morgan fingerprint density at radius 2 is 1.78 bits per heavy atom. The Hall–Kier alpha value is -1.72. The number of hydrogen-bond donors (Lipinski definition) is 1. The quantitative estimate of drug-likeness (QED) is 0.698. The van der Waals surface area contributed by atoms with E-state index in [-0.39, 0.29) is 5.69 Å². The van der Waals surface area contributed by atoms with Crippen molar-refractivity contribution >= 4 is 21.6 Å². The molecule has 1 atom stereocenters. The van der Waals surface area contributed by atoms with Crippen LogP contribution in [0.2, 0.25) is 0 Å². The predicted molar refractivity (Wildman–Crippen MR) is 71.3 cm³/mol. The van der Waals surface area contributed by atoms with E-state index in [4.69, 9.17) is 0 Å². The number of aliphatic hydroxyl groups excluding tert-OH is 1. The maximum absolute atomic E-state index is 10.7. The largest absolute Gasteiger partial charge is 0.384 e. The van der Waals surface area contributed by atoms with Gasteiger partial charge in [-0.15, -0.1) is 0 Å². The van der Waals surface area contributed by atoms with Gasteiger partial charge in [0.2, 0.25) is 0 Å². The molecule has 2 rings (SSSR count). The molecule has 5 heteroatoms. The average Bonchev–Trinajstić information content (AvgIpc) is 2.39. The van der Waals surface area contributed by atoms with Crippen LogP contribution < -0.4 is 0 Å². The van der Waals surface area contributed by atoms with Crippen LogP contribution in [0.4, 0.5) is 5.69 Å². The zero-order valence-electron chi connectivity index (χ0n) is 9.29. The lowest BCUT2D eigenvalue weighted by Gasteiger charge is -2.11. The van der Waals surface area contributed by atoms with Crippen LogP contribution in [-0.4, -0.2) is 10.0 Å². The first-order valence-corrected chi connectivity index (χ1v) is 6.05. The Balaban J connectivity index is 2.33. The Bertz CT molecular complexity index is 569. The Morgan fingerprint density at radius 3 is 2.39 bits per heavy atom. The summed E-state index contributed by atoms with van der Waals surface area (Å²) in [6, 6.07) is 13.2. The standard InChI is InChI=1S/C13H10BrNO3/c14-11-6-4-9(5-7-11)13(16)10-2-1-3-12(8-10)15(17)18/h1-8,13,16H. The summed E-state index contributed by atoms with van der Waals surface area (Å²) in [6.07, 6.45) is -0.863. The van der Waals surface area contributed by atoms with Crippen LogP contribution in [-0.2, 0) is 0 Å². The summed E-state index contributed by atoms with van der Waals surface area (Å²) in [7, 11) is 0. The van der Waals surface area contributed by atoms with Crippen molar-refractivity contribution in [2.75, 3.05) is 0 Å². The van der Waals surface area contributed by atoms with E-state index in [1.807, 2.05) is 12.1 Å². The number of non-ortho nitro benzene ring substituents is 1. The Labute approximate surface area is 112 Å². The molecule has 0 amide bonds. The summed E-state index contributed by atoms with van der Waals surface area (Å²) in [5.74, 6) is 0. The summed E-state index contributed by atoms with van der Waals surface area (Å²) in [6.45, 7) is 0. The minimum atomic E-state index is -0.863. The van der Waals surface area contributed by atoms with Crippen LogP contribution in [0.25, 0.3) is 0 Å². The molecule has 0 aliphatic heterocycles. The molecule has 0 saturated heterocycles. The summed E-state index contributed by atoms with van der Waals surface area (Å²) < 4.78 is 0.914. The van der Waals surface area contributed by atoms with Crippen LogP contribution in [0.3, 0.4) is 0 Å². The van der Waals surface area contributed by atoms with Gasteiger partial charge in [0.15, 0.2) is 0 Å². The van der Waals surface area contributed by atoms with Gasteiger partial charge in [-0.3, -0.25) is 10.1 Å². The molecule has 0 aliphatic rings. The molecule has 18 heavy (non-hydrogen) atoms. The van der Waals surface area contributed by atoms with Gasteiger partial charge < -0.3 is 5.11 Å². The van der Waals surface area contributed by atoms with Gasteiger partial charge >= 0.3 is 0 Å². The fourth-order valence-corrected chi connectivity index (χ4v) is 1.91. The van der Waals surface area contributed by atoms with Gasteiger partial charge in [-0.05, 0) is 23.3 Å². The molecule has 1 N–H and O–H groups in total. The second-order valence-electron chi connectivity index (χ2n) is 3.81. The first kappa shape index (κ1) is 12.7. The van der Waals surface area contributed by atoms with Crippen molar-refractivity contribution in [3.63, 3.8) is 0 Å². The molecule has 0 bridgehead atoms. The minimum Gasteiger partial charge on any atom is -0.384 e. The third-order valence-electron chi connectivity index (χ3n) is 2.58. The van der Waals surface area contributed by atoms with Gasteiger partial charge in [0, 0.05) is 16.6 Å². The number of aliphatic hydroxyl groups is 1. The molecule has 0 fully saturated rings. The van der Waals surface area contributed by atoms with E-state index in [0.717, 1.165) is 4.47 Å². The molecule has 0 spiro atoms. The van der Waals surface area contributed by atoms with Crippen molar-refractivity contribution < 1.29 is 10.0 Å². The fraction of sp³-hybridized carbons (Fsp3) is 0.0769. The normalized spacial score (nSPS) is 12.1. The molecular formula is C13H10BrNO3. The molecule has 0 heterocycles. The van der Waals surface area contributed by atoms with E-state index >= 15 is 0 Å². The molecule has 0 aromatic heterocycles. The lowest BCUT2D eigenvalue weighted by Crippen LogP contribution is -2.00. The van der Waals surface area contributed by atoms with Gasteiger partial charge in [-0.2, -0.15) is 0 Å². The number of nitro groups is 1. The van der Waals surface area contributed by atoms with Crippen LogP contribution in [0, 0.1) is 10.1 Å². The predicted octanol–water partition coefficient (Wildman–Crippen LogP) is 3.44. The first-order valence-electron chi connectivity index (χ1n) is 5.26. The summed E-state index contributed by atoms with van der Waals surface area (Å²) >= 11 is 3.31. The van der Waals surface area contributed by atoms with E-state index in [1.165, 1.54) is 12.1 Å². The number of hydrogen-bond acceptors (Lipinski definition) is 3. The Kier molecular flexibility index (Phi) is 3.74. The van der Waals surface area contributed by atoms with Crippen LogP contribution in [0.1, 0.15) is 17.2 Å². The number of rotatable bonds is 3. The van der Waals surface area contributed by atoms with Gasteiger partial charge in [-0.25, -0.2) is 0 Å². The van der Waals surface area contributed by atoms with Gasteiger partial charge in [0.25, 0.3) is 5.69 Å². The van der Waals surface area contributed by atoms with Crippen molar-refractivity contribution in [3.8, 4) is 0 Å². The number of nitro benzene ring substituents is 1. The highest BCUT2D eigenvalue weighted by atomic mass is 79.9. The lowest BCUT2D eigenvalue weighted by molar-refractivity contribution is -0.385. The molecule has 0 radical (unpaired) electrons. The summed E-state index contributed by atoms with van der Waals surface area (Å²) in [5.41, 5.74) is 1.17. The molecular weight excluding hydrogens is 298 g/mol. The highest BCUT2D eigenvalue weighted by Crippen LogP contribution is 2.25. The minimum absolute atomic E-state index is 0.0244. The molecule has 92 valence electrons. The molecule has 0 saturated carbocycles. The van der Waals surface area contributed by atoms with E-state index in [9.17, 15) is 15.2 Å². The van der Waals surface area contributed by atoms with Crippen LogP contribution in [0.5, 0.6) is 0 Å². The van der Waals surface area contributed by atoms with Gasteiger partial charge in [0.05, 0.1) is 4.92 Å². The van der Waals surface area contributed by atoms with E-state index in [2.05, 4.69) is 15.9 Å². The van der Waals surface area contributed by atoms with Gasteiger partial charge in [0.1, 0.15) is 6.10 Å². The van der Waals surface area contributed by atoms with Crippen molar-refractivity contribution in [1.29, 1.82) is 0 Å². The number of benzene rings is 2. The van der Waals surface area contributed by atoms with Crippen molar-refractivity contribution in [1.82, 2.24) is 0 Å². The number of nitrogens with zero attached hydrogens (tertiary/aromatic N) is 1. The summed E-state index contributed by atoms with van der Waals surface area (Å²) in [5, 5.41) is 20.8. The average molecular weight is 308 g/mol. The lowest BCUT2D eigenvalue weighted by atomic mass is 10.0. The maximum Gasteiger partial charge on any atom is 0.269 e. The van der Waals surface area contributed by atoms with Gasteiger partial charge in [-0.1, -0.05) is 40.2 Å². The Morgan fingerprint density at radius 1 is 1.11 bits per heavy atom. The zero-order chi connectivity index (χ0) is 13.1. The molecule has 2 aromatic carbocycles. The highest BCUT2D eigenvalue weighted by molar-refractivity contribution is 9.10. The molecule has 0 aliphatic carbocycles. The second kappa shape index (κ2) is 5.29. The fourth-order valence-electron chi connectivity index (χ4n) is 1.65. The van der Waals surface area contributed by atoms with Crippen molar-refractivity contribution in [2.45, 2.75) is 6.10 Å². The topological polar surface area (TPSA) is 63.4 Å². The molecule has 2 aromatic rings. The van der Waals surface area contributed by atoms with E-state index < -0.39 is 11.0 Å². The third-order valence-corrected chi connectivity index (χ3v) is 3.11. The molecule has 1 unspecified atom stereocenters. The van der Waals surface area contributed by atoms with E-state index in [0.29, 0.717) is 11.1 Å². The van der Waals surface area contributed by atoms with E-state index in [1.54, 1.807) is 24.3 Å². The van der Waals surface area contributed by atoms with Crippen molar-refractivity contribution in [2.24, 2.45) is 0 Å². The smallest absolute Gasteiger partial charge is 0.269 e. The van der Waals surface area contributed by atoms with Crippen LogP contribution in [0.15, 0.2) is 53.0 Å². The maximum atomic E-state index is 10.7. The zero-order valence-corrected chi connectivity index (χ0v) is 10.9. The molecule has 4 nitrogen and oxygen atoms in total. The van der Waals surface area contributed by atoms with Crippen molar-refractivity contribution in [3.05, 3.63) is 74.2 Å². The highest BCUT2D eigenvalue weighted by Gasteiger charge is 2.13. The van der Waals surface area contributed by atoms with Crippen LogP contribution >= 0.6 is 15.9 Å².